The molecule has 1 unspecified atom stereocenters. The molecular weight excluding hydrogens is 356 g/mol. The minimum atomic E-state index is -0.305. The molecule has 4 heterocycles. The van der Waals surface area contributed by atoms with Gasteiger partial charge in [-0.3, -0.25) is 9.47 Å². The smallest absolute Gasteiger partial charge is 0.343 e. The Morgan fingerprint density at radius 3 is 3.07 bits per heavy atom. The number of rotatable bonds is 5. The topological polar surface area (TPSA) is 81.0 Å². The average molecular weight is 382 g/mol. The molecule has 0 radical (unpaired) electrons. The zero-order valence-corrected chi connectivity index (χ0v) is 16.2. The second kappa shape index (κ2) is 6.86. The highest BCUT2D eigenvalue weighted by molar-refractivity contribution is 5.75. The van der Waals surface area contributed by atoms with E-state index in [0.717, 1.165) is 56.8 Å². The Balaban J connectivity index is 1.37. The molecule has 5 rings (SSSR count). The lowest BCUT2D eigenvalue weighted by Gasteiger charge is -2.33. The average Bonchev–Trinajstić information content (AvgIpc) is 3.37. The molecule has 0 amide bonds. The molecule has 148 valence electrons. The van der Waals surface area contributed by atoms with Gasteiger partial charge < -0.3 is 9.30 Å². The van der Waals surface area contributed by atoms with Crippen LogP contribution in [-0.2, 0) is 31.0 Å². The van der Waals surface area contributed by atoms with E-state index in [0.29, 0.717) is 19.0 Å². The molecule has 3 aromatic rings. The third-order valence-corrected chi connectivity index (χ3v) is 6.02. The van der Waals surface area contributed by atoms with Crippen LogP contribution in [0.15, 0.2) is 29.1 Å². The van der Waals surface area contributed by atoms with Crippen LogP contribution in [0.4, 0.5) is 0 Å². The fourth-order valence-corrected chi connectivity index (χ4v) is 4.50. The van der Waals surface area contributed by atoms with Gasteiger partial charge >= 0.3 is 5.69 Å². The first-order chi connectivity index (χ1) is 13.7. The number of aromatic nitrogens is 5. The van der Waals surface area contributed by atoms with E-state index in [4.69, 9.17) is 9.72 Å². The van der Waals surface area contributed by atoms with E-state index in [2.05, 4.69) is 44.8 Å². The first-order valence-corrected chi connectivity index (χ1v) is 10.1. The van der Waals surface area contributed by atoms with Gasteiger partial charge in [-0.25, -0.2) is 14.9 Å². The van der Waals surface area contributed by atoms with Crippen LogP contribution < -0.4 is 5.69 Å². The van der Waals surface area contributed by atoms with E-state index in [1.807, 2.05) is 6.07 Å². The van der Waals surface area contributed by atoms with Crippen molar-refractivity contribution < 1.29 is 4.74 Å². The monoisotopic (exact) mass is 382 g/mol. The van der Waals surface area contributed by atoms with Crippen LogP contribution in [0.2, 0.25) is 0 Å². The molecule has 8 heteroatoms. The maximum absolute atomic E-state index is 12.0. The van der Waals surface area contributed by atoms with Gasteiger partial charge in [0, 0.05) is 19.6 Å². The summed E-state index contributed by atoms with van der Waals surface area (Å²) in [5, 5.41) is 6.56. The highest BCUT2D eigenvalue weighted by Crippen LogP contribution is 2.32. The molecule has 2 aliphatic heterocycles. The second-order valence-corrected chi connectivity index (χ2v) is 7.99. The number of benzene rings is 1. The first-order valence-electron chi connectivity index (χ1n) is 10.1. The third-order valence-electron chi connectivity index (χ3n) is 6.02. The number of unbranched alkanes of at least 4 members (excludes halogenated alkanes) is 1. The van der Waals surface area contributed by atoms with Crippen molar-refractivity contribution in [1.29, 1.82) is 0 Å². The van der Waals surface area contributed by atoms with Crippen LogP contribution >= 0.6 is 0 Å². The summed E-state index contributed by atoms with van der Waals surface area (Å²) < 4.78 is 10.3. The van der Waals surface area contributed by atoms with E-state index < -0.39 is 0 Å². The van der Waals surface area contributed by atoms with Gasteiger partial charge in [-0.2, -0.15) is 5.10 Å². The fourth-order valence-electron chi connectivity index (χ4n) is 4.50. The van der Waals surface area contributed by atoms with Gasteiger partial charge in [0.2, 0.25) is 0 Å². The number of ether oxygens (including phenoxy) is 1. The maximum Gasteiger partial charge on any atom is 0.343 e. The number of para-hydroxylation sites is 2. The van der Waals surface area contributed by atoms with Crippen LogP contribution in [-0.4, -0.2) is 47.9 Å². The van der Waals surface area contributed by atoms with Crippen molar-refractivity contribution in [1.82, 2.24) is 29.2 Å². The normalized spacial score (nSPS) is 22.3. The lowest BCUT2D eigenvalue weighted by atomic mass is 10.0. The Hall–Kier alpha value is -2.45. The Bertz CT molecular complexity index is 1050. The molecule has 1 atom stereocenters. The Labute approximate surface area is 163 Å². The lowest BCUT2D eigenvalue weighted by Crippen LogP contribution is -2.46. The summed E-state index contributed by atoms with van der Waals surface area (Å²) in [4.78, 5) is 19.3. The van der Waals surface area contributed by atoms with Crippen LogP contribution in [0.25, 0.3) is 11.0 Å². The van der Waals surface area contributed by atoms with Gasteiger partial charge in [-0.1, -0.05) is 25.5 Å². The quantitative estimate of drug-likeness (QED) is 0.729. The number of hydrogen-bond acceptors (Lipinski definition) is 5. The summed E-state index contributed by atoms with van der Waals surface area (Å²) in [6.07, 6.45) is 3.22. The zero-order chi connectivity index (χ0) is 19.1. The van der Waals surface area contributed by atoms with Crippen LogP contribution in [0.1, 0.15) is 37.8 Å². The van der Waals surface area contributed by atoms with E-state index in [1.165, 1.54) is 5.52 Å². The largest absolute Gasteiger partial charge is 0.364 e. The predicted molar refractivity (Wildman–Crippen MR) is 105 cm³/mol. The summed E-state index contributed by atoms with van der Waals surface area (Å²) in [5.41, 5.74) is 1.83. The summed E-state index contributed by atoms with van der Waals surface area (Å²) >= 11 is 0. The van der Waals surface area contributed by atoms with Crippen LogP contribution in [0.3, 0.4) is 0 Å². The molecule has 1 fully saturated rings. The summed E-state index contributed by atoms with van der Waals surface area (Å²) in [7, 11) is 0. The van der Waals surface area contributed by atoms with Crippen molar-refractivity contribution in [3.63, 3.8) is 0 Å². The van der Waals surface area contributed by atoms with Gasteiger partial charge in [0.1, 0.15) is 18.0 Å². The van der Waals surface area contributed by atoms with Gasteiger partial charge in [-0.15, -0.1) is 0 Å². The van der Waals surface area contributed by atoms with E-state index in [1.54, 1.807) is 4.57 Å². The standard InChI is InChI=1S/C20H26N6O2/c1-2-3-9-25-16-7-5-4-6-15(16)21-17(25)11-24-10-8-20(13-24)14-26-18(12-28-20)22-23-19(26)27/h4-7H,2-3,8-14H2,1H3,(H,23,27). The van der Waals surface area contributed by atoms with Crippen molar-refractivity contribution >= 4 is 11.0 Å². The molecule has 0 aliphatic carbocycles. The van der Waals surface area contributed by atoms with E-state index in [9.17, 15) is 4.79 Å². The number of imidazole rings is 1. The Morgan fingerprint density at radius 2 is 2.18 bits per heavy atom. The van der Waals surface area contributed by atoms with Crippen LogP contribution in [0, 0.1) is 0 Å². The lowest BCUT2D eigenvalue weighted by molar-refractivity contribution is -0.0833. The van der Waals surface area contributed by atoms with Gasteiger partial charge in [0.25, 0.3) is 0 Å². The number of hydrogen-bond donors (Lipinski definition) is 1. The highest BCUT2D eigenvalue weighted by Gasteiger charge is 2.43. The Morgan fingerprint density at radius 1 is 1.29 bits per heavy atom. The molecule has 0 saturated carbocycles. The summed E-state index contributed by atoms with van der Waals surface area (Å²) in [6.45, 7) is 6.73. The third kappa shape index (κ3) is 2.97. The maximum atomic E-state index is 12.0. The molecule has 2 aliphatic rings. The van der Waals surface area contributed by atoms with E-state index in [-0.39, 0.29) is 11.3 Å². The summed E-state index contributed by atoms with van der Waals surface area (Å²) in [5.74, 6) is 1.80. The van der Waals surface area contributed by atoms with Crippen molar-refractivity contribution in [2.24, 2.45) is 0 Å². The molecule has 1 saturated heterocycles. The fraction of sp³-hybridized carbons (Fsp3) is 0.550. The molecule has 8 nitrogen and oxygen atoms in total. The number of fused-ring (bicyclic) bond motifs is 2. The number of aryl methyl sites for hydroxylation is 1. The minimum Gasteiger partial charge on any atom is -0.364 e. The van der Waals surface area contributed by atoms with Crippen molar-refractivity contribution in [3.8, 4) is 0 Å². The molecule has 0 bridgehead atoms. The minimum absolute atomic E-state index is 0.141. The second-order valence-electron chi connectivity index (χ2n) is 7.99. The first kappa shape index (κ1) is 17.6. The SMILES string of the molecule is CCCCn1c(CN2CCC3(C2)Cn2c(n[nH]c2=O)CO3)nc2ccccc21. The van der Waals surface area contributed by atoms with Crippen molar-refractivity contribution in [2.45, 2.75) is 58.0 Å². The molecule has 1 spiro atoms. The van der Waals surface area contributed by atoms with Gasteiger partial charge in [0.05, 0.1) is 24.1 Å². The Kier molecular flexibility index (Phi) is 4.32. The predicted octanol–water partition coefficient (Wildman–Crippen LogP) is 1.90. The molecule has 1 N–H and O–H groups in total. The van der Waals surface area contributed by atoms with E-state index >= 15 is 0 Å². The number of nitrogens with zero attached hydrogens (tertiary/aromatic N) is 5. The van der Waals surface area contributed by atoms with Crippen LogP contribution in [0.5, 0.6) is 0 Å². The molecule has 1 aromatic carbocycles. The summed E-state index contributed by atoms with van der Waals surface area (Å²) in [6, 6.07) is 8.37. The van der Waals surface area contributed by atoms with Gasteiger partial charge in [-0.05, 0) is 25.0 Å². The molecule has 2 aromatic heterocycles. The molecule has 28 heavy (non-hydrogen) atoms. The number of likely N-dealkylation sites (tertiary alicyclic amines) is 1. The number of H-pyrrole nitrogens is 1. The molecular formula is C20H26N6O2. The number of aromatic amines is 1. The van der Waals surface area contributed by atoms with Crippen molar-refractivity contribution in [2.75, 3.05) is 13.1 Å². The zero-order valence-electron chi connectivity index (χ0n) is 16.2. The number of nitrogens with one attached hydrogen (secondary N) is 1. The highest BCUT2D eigenvalue weighted by atomic mass is 16.5. The van der Waals surface area contributed by atoms with Gasteiger partial charge in [0.15, 0.2) is 5.82 Å². The van der Waals surface area contributed by atoms with Crippen molar-refractivity contribution in [3.05, 3.63) is 46.4 Å².